The van der Waals surface area contributed by atoms with E-state index in [0.29, 0.717) is 22.8 Å². The van der Waals surface area contributed by atoms with E-state index < -0.39 is 11.2 Å². The van der Waals surface area contributed by atoms with Gasteiger partial charge in [-0.1, -0.05) is 58.0 Å². The summed E-state index contributed by atoms with van der Waals surface area (Å²) in [6.07, 6.45) is 0.452. The minimum atomic E-state index is -0.564. The number of nitrogens with one attached hydrogen (secondary N) is 1. The number of nitrogens with zero attached hydrogens (tertiary/aromatic N) is 2. The molecule has 4 rings (SSSR count). The zero-order chi connectivity index (χ0) is 24.1. The number of nitriles is 1. The van der Waals surface area contributed by atoms with Crippen LogP contribution in [0.4, 0.5) is 11.4 Å². The largest absolute Gasteiger partial charge is 0.497 e. The lowest BCUT2D eigenvalue weighted by Gasteiger charge is -2.18. The van der Waals surface area contributed by atoms with Gasteiger partial charge in [0.2, 0.25) is 5.91 Å². The monoisotopic (exact) mass is 533 g/mol. The molecule has 8 heteroatoms. The molecule has 3 aromatic carbocycles. The normalized spacial score (nSPS) is 16.7. The maximum atomic E-state index is 13.5. The van der Waals surface area contributed by atoms with Gasteiger partial charge in [-0.15, -0.1) is 0 Å². The summed E-state index contributed by atoms with van der Waals surface area (Å²) in [7, 11) is 1.60. The fourth-order valence-corrected chi connectivity index (χ4v) is 5.07. The average molecular weight is 534 g/mol. The molecule has 1 aliphatic heterocycles. The number of hydrogen-bond acceptors (Lipinski definition) is 5. The van der Waals surface area contributed by atoms with Crippen LogP contribution in [0, 0.1) is 11.3 Å². The highest BCUT2D eigenvalue weighted by molar-refractivity contribution is 9.10. The third kappa shape index (κ3) is 5.16. The van der Waals surface area contributed by atoms with Gasteiger partial charge in [-0.3, -0.25) is 14.5 Å². The zero-order valence-electron chi connectivity index (χ0n) is 18.2. The molecule has 3 aromatic rings. The Bertz CT molecular complexity index is 1270. The predicted octanol–water partition coefficient (Wildman–Crippen LogP) is 5.52. The molecule has 2 amide bonds. The van der Waals surface area contributed by atoms with E-state index in [-0.39, 0.29) is 11.5 Å². The fourth-order valence-electron chi connectivity index (χ4n) is 3.50. The highest BCUT2D eigenvalue weighted by Crippen LogP contribution is 2.42. The molecule has 0 aromatic heterocycles. The molecule has 1 heterocycles. The molecule has 0 spiro atoms. The molecule has 1 N–H and O–H groups in total. The van der Waals surface area contributed by atoms with Crippen LogP contribution in [-0.2, 0) is 16.0 Å². The lowest BCUT2D eigenvalue weighted by atomic mass is 10.1. The number of methoxy groups -OCH3 is 1. The number of carbonyl (C=O) groups excluding carboxylic acids is 2. The standard InChI is InChI=1S/C26H20BrN3O3S/c1-33-21-13-7-17(8-14-21)15-23-25(32)30(20-5-3-2-4-6-20)26(34-23)22(16-28)24(31)29-19-11-9-18(27)10-12-19/h2-14,23H,15H2,1H3,(H,29,31)/b26-22-/t23-/m1/s1. The van der Waals surface area contributed by atoms with E-state index in [0.717, 1.165) is 15.8 Å². The van der Waals surface area contributed by atoms with Gasteiger partial charge in [0.15, 0.2) is 0 Å². The average Bonchev–Trinajstić information content (AvgIpc) is 3.17. The molecule has 170 valence electrons. The van der Waals surface area contributed by atoms with Crippen LogP contribution in [0.25, 0.3) is 0 Å². The third-order valence-electron chi connectivity index (χ3n) is 5.20. The molecule has 1 saturated heterocycles. The molecular weight excluding hydrogens is 514 g/mol. The summed E-state index contributed by atoms with van der Waals surface area (Å²) in [6.45, 7) is 0. The molecule has 0 saturated carbocycles. The highest BCUT2D eigenvalue weighted by Gasteiger charge is 2.40. The van der Waals surface area contributed by atoms with Crippen LogP contribution in [0.5, 0.6) is 5.75 Å². The van der Waals surface area contributed by atoms with Crippen molar-refractivity contribution in [3.63, 3.8) is 0 Å². The van der Waals surface area contributed by atoms with Crippen molar-refractivity contribution in [2.24, 2.45) is 0 Å². The second kappa shape index (κ2) is 10.6. The van der Waals surface area contributed by atoms with Crippen molar-refractivity contribution in [3.8, 4) is 11.8 Å². The number of amides is 2. The molecule has 0 bridgehead atoms. The number of para-hydroxylation sites is 1. The number of ether oxygens (including phenoxy) is 1. The number of halogens is 1. The van der Waals surface area contributed by atoms with Gasteiger partial charge in [-0.25, -0.2) is 0 Å². The minimum absolute atomic E-state index is 0.109. The molecular formula is C26H20BrN3O3S. The van der Waals surface area contributed by atoms with Gasteiger partial charge in [0.05, 0.1) is 12.4 Å². The first-order valence-corrected chi connectivity index (χ1v) is 12.1. The fraction of sp³-hybridized carbons (Fsp3) is 0.115. The smallest absolute Gasteiger partial charge is 0.269 e. The van der Waals surface area contributed by atoms with E-state index >= 15 is 0 Å². The molecule has 1 atom stereocenters. The zero-order valence-corrected chi connectivity index (χ0v) is 20.6. The van der Waals surface area contributed by atoms with Crippen LogP contribution in [0.3, 0.4) is 0 Å². The van der Waals surface area contributed by atoms with Gasteiger partial charge >= 0.3 is 0 Å². The van der Waals surface area contributed by atoms with Crippen molar-refractivity contribution in [1.82, 2.24) is 0 Å². The van der Waals surface area contributed by atoms with Crippen molar-refractivity contribution in [1.29, 1.82) is 5.26 Å². The minimum Gasteiger partial charge on any atom is -0.497 e. The molecule has 0 radical (unpaired) electrons. The highest BCUT2D eigenvalue weighted by atomic mass is 79.9. The Morgan fingerprint density at radius 3 is 2.38 bits per heavy atom. The van der Waals surface area contributed by atoms with Crippen molar-refractivity contribution in [2.75, 3.05) is 17.3 Å². The van der Waals surface area contributed by atoms with Crippen LogP contribution in [0.1, 0.15) is 5.56 Å². The van der Waals surface area contributed by atoms with E-state index in [2.05, 4.69) is 21.2 Å². The summed E-state index contributed by atoms with van der Waals surface area (Å²) in [4.78, 5) is 28.0. The first-order chi connectivity index (χ1) is 16.5. The maximum absolute atomic E-state index is 13.5. The molecule has 1 fully saturated rings. The summed E-state index contributed by atoms with van der Waals surface area (Å²) < 4.78 is 6.08. The molecule has 0 unspecified atom stereocenters. The van der Waals surface area contributed by atoms with Crippen LogP contribution in [0.15, 0.2) is 93.9 Å². The molecule has 6 nitrogen and oxygen atoms in total. The quantitative estimate of drug-likeness (QED) is 0.333. The second-order valence-electron chi connectivity index (χ2n) is 7.42. The Kier molecular flexibility index (Phi) is 7.36. The Hall–Kier alpha value is -3.54. The number of thioether (sulfide) groups is 1. The van der Waals surface area contributed by atoms with E-state index in [1.807, 2.05) is 48.5 Å². The summed E-state index contributed by atoms with van der Waals surface area (Å²) in [5.41, 5.74) is 2.01. The van der Waals surface area contributed by atoms with Crippen LogP contribution in [-0.4, -0.2) is 24.2 Å². The van der Waals surface area contributed by atoms with Crippen molar-refractivity contribution in [3.05, 3.63) is 99.5 Å². The third-order valence-corrected chi connectivity index (χ3v) is 6.99. The number of benzene rings is 3. The predicted molar refractivity (Wildman–Crippen MR) is 137 cm³/mol. The molecule has 0 aliphatic carbocycles. The topological polar surface area (TPSA) is 82.4 Å². The Balaban J connectivity index is 1.68. The lowest BCUT2D eigenvalue weighted by molar-refractivity contribution is -0.117. The number of anilines is 2. The van der Waals surface area contributed by atoms with Crippen molar-refractivity contribution < 1.29 is 14.3 Å². The van der Waals surface area contributed by atoms with E-state index in [1.165, 1.54) is 16.7 Å². The van der Waals surface area contributed by atoms with Gasteiger partial charge in [-0.05, 0) is 60.5 Å². The van der Waals surface area contributed by atoms with Gasteiger partial charge in [0.1, 0.15) is 22.4 Å². The van der Waals surface area contributed by atoms with Gasteiger partial charge in [0, 0.05) is 15.8 Å². The van der Waals surface area contributed by atoms with Crippen LogP contribution < -0.4 is 15.0 Å². The van der Waals surface area contributed by atoms with E-state index in [9.17, 15) is 14.9 Å². The lowest BCUT2D eigenvalue weighted by Crippen LogP contribution is -2.30. The van der Waals surface area contributed by atoms with E-state index in [1.54, 1.807) is 43.5 Å². The van der Waals surface area contributed by atoms with Crippen molar-refractivity contribution in [2.45, 2.75) is 11.7 Å². The summed E-state index contributed by atoms with van der Waals surface area (Å²) in [5, 5.41) is 12.5. The Morgan fingerprint density at radius 1 is 1.09 bits per heavy atom. The summed E-state index contributed by atoms with van der Waals surface area (Å²) in [6, 6.07) is 25.6. The number of carbonyl (C=O) groups is 2. The first kappa shape index (κ1) is 23.6. The second-order valence-corrected chi connectivity index (χ2v) is 9.53. The number of rotatable bonds is 6. The van der Waals surface area contributed by atoms with Crippen LogP contribution >= 0.6 is 27.7 Å². The summed E-state index contributed by atoms with van der Waals surface area (Å²) >= 11 is 4.60. The van der Waals surface area contributed by atoms with Gasteiger partial charge in [0.25, 0.3) is 5.91 Å². The summed E-state index contributed by atoms with van der Waals surface area (Å²) in [5.74, 6) is -0.00520. The number of hydrogen-bond donors (Lipinski definition) is 1. The maximum Gasteiger partial charge on any atom is 0.269 e. The Morgan fingerprint density at radius 2 is 1.76 bits per heavy atom. The van der Waals surface area contributed by atoms with Crippen molar-refractivity contribution >= 4 is 50.9 Å². The molecule has 34 heavy (non-hydrogen) atoms. The first-order valence-electron chi connectivity index (χ1n) is 10.4. The molecule has 1 aliphatic rings. The van der Waals surface area contributed by atoms with Crippen LogP contribution in [0.2, 0.25) is 0 Å². The SMILES string of the molecule is COc1ccc(C[C@H]2S/C(=C(/C#N)C(=O)Nc3ccc(Br)cc3)N(c3ccccc3)C2=O)cc1. The van der Waals surface area contributed by atoms with Gasteiger partial charge in [-0.2, -0.15) is 5.26 Å². The van der Waals surface area contributed by atoms with Gasteiger partial charge < -0.3 is 10.1 Å². The van der Waals surface area contributed by atoms with E-state index in [4.69, 9.17) is 4.74 Å². The Labute approximate surface area is 210 Å².